The zero-order valence-electron chi connectivity index (χ0n) is 16.0. The molecule has 0 aliphatic heterocycles. The molecule has 3 rings (SSSR count). The van der Waals surface area contributed by atoms with Gasteiger partial charge >= 0.3 is 0 Å². The predicted molar refractivity (Wildman–Crippen MR) is 110 cm³/mol. The van der Waals surface area contributed by atoms with Crippen molar-refractivity contribution < 1.29 is 4.79 Å². The number of aromatic nitrogens is 2. The molecule has 0 atom stereocenters. The quantitative estimate of drug-likeness (QED) is 0.697. The van der Waals surface area contributed by atoms with Gasteiger partial charge in [0, 0.05) is 18.1 Å². The molecule has 2 N–H and O–H groups in total. The van der Waals surface area contributed by atoms with E-state index in [1.807, 2.05) is 18.2 Å². The average molecular weight is 371 g/mol. The molecule has 0 radical (unpaired) electrons. The summed E-state index contributed by atoms with van der Waals surface area (Å²) in [7, 11) is 0. The zero-order chi connectivity index (χ0) is 20.1. The molecule has 0 saturated carbocycles. The van der Waals surface area contributed by atoms with E-state index in [1.165, 1.54) is 12.4 Å². The molecule has 6 heteroatoms. The number of para-hydroxylation sites is 2. The van der Waals surface area contributed by atoms with Gasteiger partial charge in [0.05, 0.1) is 16.8 Å². The summed E-state index contributed by atoms with van der Waals surface area (Å²) < 4.78 is 0. The van der Waals surface area contributed by atoms with Gasteiger partial charge in [0.1, 0.15) is 6.07 Å². The first-order valence-corrected chi connectivity index (χ1v) is 8.87. The SMILES string of the molecule is CC(C)(C)c1ccccc1Nc1ncc(C(=O)Nc2ccccc2C#N)cn1. The van der Waals surface area contributed by atoms with Crippen LogP contribution in [0.2, 0.25) is 0 Å². The maximum absolute atomic E-state index is 12.4. The topological polar surface area (TPSA) is 90.7 Å². The molecule has 140 valence electrons. The lowest BCUT2D eigenvalue weighted by Crippen LogP contribution is -2.15. The summed E-state index contributed by atoms with van der Waals surface area (Å²) in [5.74, 6) is 0.0371. The number of carbonyl (C=O) groups is 1. The summed E-state index contributed by atoms with van der Waals surface area (Å²) in [5, 5.41) is 15.1. The fourth-order valence-electron chi connectivity index (χ4n) is 2.76. The summed E-state index contributed by atoms with van der Waals surface area (Å²) in [4.78, 5) is 20.9. The van der Waals surface area contributed by atoms with E-state index in [0.29, 0.717) is 22.8 Å². The molecule has 0 fully saturated rings. The highest BCUT2D eigenvalue weighted by molar-refractivity contribution is 6.04. The Morgan fingerprint density at radius 1 is 0.964 bits per heavy atom. The average Bonchev–Trinajstić information content (AvgIpc) is 2.68. The van der Waals surface area contributed by atoms with Gasteiger partial charge in [0.2, 0.25) is 5.95 Å². The van der Waals surface area contributed by atoms with Gasteiger partial charge in [-0.15, -0.1) is 0 Å². The lowest BCUT2D eigenvalue weighted by atomic mass is 9.86. The maximum atomic E-state index is 12.4. The third-order valence-corrected chi connectivity index (χ3v) is 4.19. The Bertz CT molecular complexity index is 1030. The molecule has 2 aromatic carbocycles. The molecule has 28 heavy (non-hydrogen) atoms. The largest absolute Gasteiger partial charge is 0.324 e. The first kappa shape index (κ1) is 19.1. The lowest BCUT2D eigenvalue weighted by Gasteiger charge is -2.22. The summed E-state index contributed by atoms with van der Waals surface area (Å²) in [5.41, 5.74) is 3.20. The van der Waals surface area contributed by atoms with E-state index < -0.39 is 0 Å². The van der Waals surface area contributed by atoms with Crippen LogP contribution < -0.4 is 10.6 Å². The number of amides is 1. The Hall–Kier alpha value is -3.72. The van der Waals surface area contributed by atoms with E-state index in [4.69, 9.17) is 5.26 Å². The van der Waals surface area contributed by atoms with Crippen molar-refractivity contribution in [2.45, 2.75) is 26.2 Å². The van der Waals surface area contributed by atoms with Crippen LogP contribution in [-0.2, 0) is 5.41 Å². The fraction of sp³-hybridized carbons (Fsp3) is 0.182. The summed E-state index contributed by atoms with van der Waals surface area (Å²) in [6.45, 7) is 6.42. The van der Waals surface area contributed by atoms with E-state index in [1.54, 1.807) is 24.3 Å². The number of nitrogens with one attached hydrogen (secondary N) is 2. The number of nitriles is 1. The molecule has 3 aromatic rings. The van der Waals surface area contributed by atoms with Crippen LogP contribution in [0.1, 0.15) is 42.3 Å². The van der Waals surface area contributed by atoms with E-state index >= 15 is 0 Å². The summed E-state index contributed by atoms with van der Waals surface area (Å²) >= 11 is 0. The normalized spacial score (nSPS) is 10.8. The molecule has 0 saturated heterocycles. The predicted octanol–water partition coefficient (Wildman–Crippen LogP) is 4.64. The van der Waals surface area contributed by atoms with Gasteiger partial charge in [-0.2, -0.15) is 5.26 Å². The van der Waals surface area contributed by atoms with Crippen molar-refractivity contribution in [1.82, 2.24) is 9.97 Å². The smallest absolute Gasteiger partial charge is 0.258 e. The third-order valence-electron chi connectivity index (χ3n) is 4.19. The van der Waals surface area contributed by atoms with Crippen LogP contribution >= 0.6 is 0 Å². The van der Waals surface area contributed by atoms with Gasteiger partial charge in [0.15, 0.2) is 0 Å². The molecular weight excluding hydrogens is 350 g/mol. The van der Waals surface area contributed by atoms with E-state index in [9.17, 15) is 4.79 Å². The minimum absolute atomic E-state index is 0.0302. The maximum Gasteiger partial charge on any atom is 0.258 e. The monoisotopic (exact) mass is 371 g/mol. The second kappa shape index (κ2) is 7.89. The molecule has 0 bridgehead atoms. The molecule has 6 nitrogen and oxygen atoms in total. The van der Waals surface area contributed by atoms with Gasteiger partial charge in [-0.05, 0) is 29.2 Å². The number of anilines is 3. The molecule has 0 aliphatic rings. The van der Waals surface area contributed by atoms with Crippen molar-refractivity contribution in [1.29, 1.82) is 5.26 Å². The molecular formula is C22H21N5O. The Balaban J connectivity index is 1.76. The second-order valence-electron chi connectivity index (χ2n) is 7.33. The van der Waals surface area contributed by atoms with Crippen molar-refractivity contribution in [2.24, 2.45) is 0 Å². The molecule has 1 amide bonds. The van der Waals surface area contributed by atoms with E-state index in [-0.39, 0.29) is 11.3 Å². The van der Waals surface area contributed by atoms with Crippen LogP contribution in [0.25, 0.3) is 0 Å². The highest BCUT2D eigenvalue weighted by atomic mass is 16.1. The van der Waals surface area contributed by atoms with Crippen molar-refractivity contribution >= 4 is 23.2 Å². The van der Waals surface area contributed by atoms with E-state index in [0.717, 1.165) is 11.3 Å². The van der Waals surface area contributed by atoms with Crippen LogP contribution in [0, 0.1) is 11.3 Å². The van der Waals surface area contributed by atoms with Crippen LogP contribution in [-0.4, -0.2) is 15.9 Å². The summed E-state index contributed by atoms with van der Waals surface area (Å²) in [6.07, 6.45) is 2.92. The minimum atomic E-state index is -0.371. The first-order valence-electron chi connectivity index (χ1n) is 8.87. The van der Waals surface area contributed by atoms with Crippen molar-refractivity contribution in [3.05, 3.63) is 77.6 Å². The van der Waals surface area contributed by atoms with Crippen LogP contribution in [0.4, 0.5) is 17.3 Å². The van der Waals surface area contributed by atoms with Gasteiger partial charge in [-0.1, -0.05) is 51.1 Å². The standard InChI is InChI=1S/C22H21N5O/c1-22(2,3)17-9-5-7-11-19(17)27-21-24-13-16(14-25-21)20(28)26-18-10-6-4-8-15(18)12-23/h4-11,13-14H,1-3H3,(H,26,28)(H,24,25,27). The molecule has 0 spiro atoms. The lowest BCUT2D eigenvalue weighted by molar-refractivity contribution is 0.102. The van der Waals surface area contributed by atoms with Gasteiger partial charge in [-0.3, -0.25) is 4.79 Å². The Morgan fingerprint density at radius 3 is 2.21 bits per heavy atom. The highest BCUT2D eigenvalue weighted by Gasteiger charge is 2.18. The molecule has 0 aliphatic carbocycles. The Kier molecular flexibility index (Phi) is 5.37. The number of carbonyl (C=O) groups excluding carboxylic acids is 1. The van der Waals surface area contributed by atoms with Crippen molar-refractivity contribution in [3.8, 4) is 6.07 Å². The third kappa shape index (κ3) is 4.33. The van der Waals surface area contributed by atoms with Gasteiger partial charge in [-0.25, -0.2) is 9.97 Å². The first-order chi connectivity index (χ1) is 13.4. The zero-order valence-corrected chi connectivity index (χ0v) is 16.0. The fourth-order valence-corrected chi connectivity index (χ4v) is 2.76. The summed E-state index contributed by atoms with van der Waals surface area (Å²) in [6, 6.07) is 16.9. The van der Waals surface area contributed by atoms with Crippen LogP contribution in [0.15, 0.2) is 60.9 Å². The van der Waals surface area contributed by atoms with Crippen molar-refractivity contribution in [3.63, 3.8) is 0 Å². The Labute approximate surface area is 164 Å². The number of rotatable bonds is 4. The van der Waals surface area contributed by atoms with Gasteiger partial charge in [0.25, 0.3) is 5.91 Å². The van der Waals surface area contributed by atoms with Crippen LogP contribution in [0.5, 0.6) is 0 Å². The van der Waals surface area contributed by atoms with Gasteiger partial charge < -0.3 is 10.6 Å². The Morgan fingerprint density at radius 2 is 1.57 bits per heavy atom. The molecule has 1 aromatic heterocycles. The molecule has 0 unspecified atom stereocenters. The highest BCUT2D eigenvalue weighted by Crippen LogP contribution is 2.30. The van der Waals surface area contributed by atoms with Crippen LogP contribution in [0.3, 0.4) is 0 Å². The number of nitrogens with zero attached hydrogens (tertiary/aromatic N) is 3. The number of hydrogen-bond acceptors (Lipinski definition) is 5. The second-order valence-corrected chi connectivity index (χ2v) is 7.33. The number of hydrogen-bond donors (Lipinski definition) is 2. The van der Waals surface area contributed by atoms with E-state index in [2.05, 4.69) is 53.5 Å². The number of benzene rings is 2. The molecule has 1 heterocycles. The minimum Gasteiger partial charge on any atom is -0.324 e. The van der Waals surface area contributed by atoms with Crippen molar-refractivity contribution in [2.75, 3.05) is 10.6 Å².